The molecule has 0 unspecified atom stereocenters. The fourth-order valence-electron chi connectivity index (χ4n) is 2.69. The molecular weight excluding hydrogens is 343 g/mol. The molecule has 6 heteroatoms. The van der Waals surface area contributed by atoms with E-state index >= 15 is 0 Å². The molecule has 0 radical (unpaired) electrons. The molecular formula is C14H16BrFN2OS. The van der Waals surface area contributed by atoms with E-state index in [1.165, 1.54) is 6.07 Å². The van der Waals surface area contributed by atoms with Gasteiger partial charge in [0.15, 0.2) is 0 Å². The summed E-state index contributed by atoms with van der Waals surface area (Å²) in [4.78, 5) is 4.69. The van der Waals surface area contributed by atoms with Crippen molar-refractivity contribution in [3.63, 3.8) is 0 Å². The summed E-state index contributed by atoms with van der Waals surface area (Å²) in [5, 5.41) is 0.0774. The van der Waals surface area contributed by atoms with Crippen molar-refractivity contribution >= 4 is 33.5 Å². The zero-order valence-electron chi connectivity index (χ0n) is 11.3. The van der Waals surface area contributed by atoms with E-state index in [0.717, 1.165) is 4.47 Å². The zero-order valence-corrected chi connectivity index (χ0v) is 13.7. The maximum Gasteiger partial charge on any atom is 0.129 e. The number of benzene rings is 1. The molecule has 0 amide bonds. The molecule has 2 atom stereocenters. The lowest BCUT2D eigenvalue weighted by molar-refractivity contribution is 0.178. The number of thioether (sulfide) groups is 1. The average molecular weight is 359 g/mol. The van der Waals surface area contributed by atoms with Crippen LogP contribution in [0.1, 0.15) is 19.4 Å². The van der Waals surface area contributed by atoms with Crippen LogP contribution < -0.4 is 5.73 Å². The van der Waals surface area contributed by atoms with Crippen molar-refractivity contribution in [1.29, 1.82) is 0 Å². The van der Waals surface area contributed by atoms with Crippen LogP contribution in [0.5, 0.6) is 0 Å². The molecule has 2 heterocycles. The molecule has 2 aliphatic heterocycles. The van der Waals surface area contributed by atoms with E-state index < -0.39 is 5.54 Å². The van der Waals surface area contributed by atoms with Gasteiger partial charge < -0.3 is 10.5 Å². The largest absolute Gasteiger partial charge is 0.386 e. The Labute approximate surface area is 130 Å². The minimum absolute atomic E-state index is 0.0774. The quantitative estimate of drug-likeness (QED) is 0.839. The van der Waals surface area contributed by atoms with Crippen molar-refractivity contribution in [2.75, 3.05) is 13.2 Å². The minimum atomic E-state index is -0.710. The monoisotopic (exact) mass is 358 g/mol. The number of hydrogen-bond donors (Lipinski definition) is 1. The third kappa shape index (κ3) is 2.09. The third-order valence-corrected chi connectivity index (χ3v) is 5.99. The first-order chi connectivity index (χ1) is 9.35. The van der Waals surface area contributed by atoms with Crippen LogP contribution in [0, 0.1) is 5.82 Å². The molecule has 2 aliphatic rings. The SMILES string of the molecule is CC1(C)S[C@@H]2COC[C@]2(c2cc(Br)ccc2F)N=C1N. The van der Waals surface area contributed by atoms with Gasteiger partial charge in [-0.2, -0.15) is 0 Å². The van der Waals surface area contributed by atoms with Gasteiger partial charge in [-0.05, 0) is 32.0 Å². The van der Waals surface area contributed by atoms with Gasteiger partial charge in [-0.25, -0.2) is 4.39 Å². The first-order valence-corrected chi connectivity index (χ1v) is 8.09. The fourth-order valence-corrected chi connectivity index (χ4v) is 4.54. The maximum atomic E-state index is 14.3. The van der Waals surface area contributed by atoms with Crippen LogP contribution in [0.25, 0.3) is 0 Å². The number of halogens is 2. The second-order valence-electron chi connectivity index (χ2n) is 5.68. The van der Waals surface area contributed by atoms with Crippen molar-refractivity contribution in [3.05, 3.63) is 34.1 Å². The lowest BCUT2D eigenvalue weighted by Gasteiger charge is -2.41. The molecule has 2 N–H and O–H groups in total. The number of ether oxygens (including phenoxy) is 1. The van der Waals surface area contributed by atoms with Crippen molar-refractivity contribution in [2.45, 2.75) is 29.4 Å². The van der Waals surface area contributed by atoms with Crippen LogP contribution in [0.4, 0.5) is 4.39 Å². The smallest absolute Gasteiger partial charge is 0.129 e. The Morgan fingerprint density at radius 3 is 3.00 bits per heavy atom. The number of nitrogens with two attached hydrogens (primary N) is 1. The Hall–Kier alpha value is -0.590. The number of fused-ring (bicyclic) bond motifs is 1. The van der Waals surface area contributed by atoms with Crippen molar-refractivity contribution in [1.82, 2.24) is 0 Å². The predicted molar refractivity (Wildman–Crippen MR) is 83.7 cm³/mol. The van der Waals surface area contributed by atoms with Crippen LogP contribution in [-0.4, -0.2) is 29.0 Å². The average Bonchev–Trinajstić information content (AvgIpc) is 2.75. The summed E-state index contributed by atoms with van der Waals surface area (Å²) >= 11 is 5.11. The van der Waals surface area contributed by atoms with Crippen LogP contribution in [0.3, 0.4) is 0 Å². The highest BCUT2D eigenvalue weighted by Gasteiger charge is 2.53. The Bertz CT molecular complexity index is 593. The van der Waals surface area contributed by atoms with Gasteiger partial charge in [-0.3, -0.25) is 4.99 Å². The van der Waals surface area contributed by atoms with Gasteiger partial charge in [0, 0.05) is 10.0 Å². The summed E-state index contributed by atoms with van der Waals surface area (Å²) < 4.78 is 20.5. The van der Waals surface area contributed by atoms with Crippen LogP contribution in [0.2, 0.25) is 0 Å². The van der Waals surface area contributed by atoms with Crippen LogP contribution in [-0.2, 0) is 10.3 Å². The van der Waals surface area contributed by atoms with Crippen molar-refractivity contribution in [2.24, 2.45) is 10.7 Å². The summed E-state index contributed by atoms with van der Waals surface area (Å²) in [5.41, 5.74) is 5.96. The maximum absolute atomic E-state index is 14.3. The summed E-state index contributed by atoms with van der Waals surface area (Å²) in [6, 6.07) is 4.93. The normalized spacial score (nSPS) is 31.8. The van der Waals surface area contributed by atoms with Crippen LogP contribution >= 0.6 is 27.7 Å². The highest BCUT2D eigenvalue weighted by atomic mass is 79.9. The molecule has 1 aromatic carbocycles. The molecule has 0 aromatic heterocycles. The standard InChI is InChI=1S/C14H16BrFN2OS/c1-13(2)12(17)18-14(7-19-6-11(14)20-13)9-5-8(15)3-4-10(9)16/h3-5,11H,6-7H2,1-2H3,(H2,17,18)/t11-,14-/m1/s1. The highest BCUT2D eigenvalue weighted by Crippen LogP contribution is 2.50. The van der Waals surface area contributed by atoms with Gasteiger partial charge in [0.2, 0.25) is 0 Å². The van der Waals surface area contributed by atoms with Gasteiger partial charge >= 0.3 is 0 Å². The number of rotatable bonds is 1. The molecule has 1 saturated heterocycles. The second kappa shape index (κ2) is 4.71. The molecule has 0 saturated carbocycles. The van der Waals surface area contributed by atoms with Crippen molar-refractivity contribution in [3.8, 4) is 0 Å². The summed E-state index contributed by atoms with van der Waals surface area (Å²) in [5.74, 6) is 0.282. The first kappa shape index (κ1) is 14.4. The van der Waals surface area contributed by atoms with Gasteiger partial charge in [-0.1, -0.05) is 15.9 Å². The molecule has 1 fully saturated rings. The van der Waals surface area contributed by atoms with Crippen LogP contribution in [0.15, 0.2) is 27.7 Å². The molecule has 3 rings (SSSR count). The molecule has 20 heavy (non-hydrogen) atoms. The molecule has 1 aromatic rings. The summed E-state index contributed by atoms with van der Waals surface area (Å²) in [6.07, 6.45) is 0. The number of aliphatic imine (C=N–C) groups is 1. The molecule has 0 bridgehead atoms. The predicted octanol–water partition coefficient (Wildman–Crippen LogP) is 3.06. The minimum Gasteiger partial charge on any atom is -0.386 e. The number of amidine groups is 1. The zero-order chi connectivity index (χ0) is 14.5. The van der Waals surface area contributed by atoms with Gasteiger partial charge in [-0.15, -0.1) is 11.8 Å². The highest BCUT2D eigenvalue weighted by molar-refractivity contribution is 9.10. The first-order valence-electron chi connectivity index (χ1n) is 6.42. The molecule has 108 valence electrons. The van der Waals surface area contributed by atoms with Gasteiger partial charge in [0.1, 0.15) is 17.2 Å². The Kier molecular flexibility index (Phi) is 3.38. The lowest BCUT2D eigenvalue weighted by Crippen LogP contribution is -2.50. The molecule has 3 nitrogen and oxygen atoms in total. The number of hydrogen-bond acceptors (Lipinski definition) is 4. The summed E-state index contributed by atoms with van der Waals surface area (Å²) in [7, 11) is 0. The van der Waals surface area contributed by atoms with E-state index in [1.807, 2.05) is 13.8 Å². The van der Waals surface area contributed by atoms with E-state index in [-0.39, 0.29) is 15.8 Å². The van der Waals surface area contributed by atoms with E-state index in [1.54, 1.807) is 23.9 Å². The third-order valence-electron chi connectivity index (χ3n) is 3.89. The van der Waals surface area contributed by atoms with E-state index in [9.17, 15) is 4.39 Å². The lowest BCUT2D eigenvalue weighted by atomic mass is 9.88. The molecule has 0 spiro atoms. The second-order valence-corrected chi connectivity index (χ2v) is 8.42. The Balaban J connectivity index is 2.18. The van der Waals surface area contributed by atoms with Crippen molar-refractivity contribution < 1.29 is 9.13 Å². The summed E-state index contributed by atoms with van der Waals surface area (Å²) in [6.45, 7) is 5.01. The fraction of sp³-hybridized carbons (Fsp3) is 0.500. The van der Waals surface area contributed by atoms with E-state index in [2.05, 4.69) is 20.9 Å². The molecule has 0 aliphatic carbocycles. The topological polar surface area (TPSA) is 47.6 Å². The Morgan fingerprint density at radius 1 is 1.50 bits per heavy atom. The Morgan fingerprint density at radius 2 is 2.25 bits per heavy atom. The van der Waals surface area contributed by atoms with E-state index in [0.29, 0.717) is 24.6 Å². The van der Waals surface area contributed by atoms with E-state index in [4.69, 9.17) is 10.5 Å². The number of nitrogens with zero attached hydrogens (tertiary/aromatic N) is 1. The van der Waals surface area contributed by atoms with Gasteiger partial charge in [0.25, 0.3) is 0 Å². The van der Waals surface area contributed by atoms with Gasteiger partial charge in [0.05, 0.1) is 23.2 Å².